The minimum absolute atomic E-state index is 0.0553. The van der Waals surface area contributed by atoms with Gasteiger partial charge in [0.25, 0.3) is 5.91 Å². The van der Waals surface area contributed by atoms with Crippen molar-refractivity contribution in [2.24, 2.45) is 5.92 Å². The molecule has 0 spiro atoms. The number of ketones is 1. The van der Waals surface area contributed by atoms with Crippen LogP contribution in [-0.4, -0.2) is 62.2 Å². The molecule has 1 N–H and O–H groups in total. The second kappa shape index (κ2) is 11.3. The third-order valence-electron chi connectivity index (χ3n) is 7.89. The molecule has 2 aliphatic heterocycles. The molecule has 2 amide bonds. The van der Waals surface area contributed by atoms with Crippen molar-refractivity contribution in [3.8, 4) is 16.5 Å². The van der Waals surface area contributed by atoms with Crippen LogP contribution in [0, 0.1) is 24.2 Å². The Bertz CT molecular complexity index is 1490. The van der Waals surface area contributed by atoms with Crippen LogP contribution in [0.5, 0.6) is 0 Å². The number of aromatic nitrogens is 1. The zero-order valence-corrected chi connectivity index (χ0v) is 23.6. The van der Waals surface area contributed by atoms with Gasteiger partial charge in [-0.1, -0.05) is 44.2 Å². The summed E-state index contributed by atoms with van der Waals surface area (Å²) in [7, 11) is 0. The zero-order chi connectivity index (χ0) is 28.6. The second-order valence-electron chi connectivity index (χ2n) is 10.9. The second-order valence-corrected chi connectivity index (χ2v) is 11.7. The largest absolute Gasteiger partial charge is 0.391 e. The quantitative estimate of drug-likeness (QED) is 0.446. The van der Waals surface area contributed by atoms with E-state index in [2.05, 4.69) is 11.1 Å². The lowest BCUT2D eigenvalue weighted by Crippen LogP contribution is -2.54. The highest BCUT2D eigenvalue weighted by molar-refractivity contribution is 7.13. The average Bonchev–Trinajstić information content (AvgIpc) is 3.64. The number of hydrogen-bond acceptors (Lipinski definition) is 7. The fraction of sp³-hybridized carbons (Fsp3) is 0.387. The van der Waals surface area contributed by atoms with Gasteiger partial charge in [-0.2, -0.15) is 5.26 Å². The number of fused-ring (bicyclic) bond motifs is 1. The number of aliphatic hydroxyl groups excluding tert-OH is 1. The van der Waals surface area contributed by atoms with Gasteiger partial charge in [0.1, 0.15) is 6.04 Å². The molecular weight excluding hydrogens is 524 g/mol. The lowest BCUT2D eigenvalue weighted by atomic mass is 9.98. The number of likely N-dealkylation sites (tertiary alicyclic amines) is 1. The molecule has 0 aliphatic carbocycles. The van der Waals surface area contributed by atoms with Crippen LogP contribution in [0.25, 0.3) is 10.4 Å². The number of amides is 2. The van der Waals surface area contributed by atoms with Crippen molar-refractivity contribution in [3.05, 3.63) is 75.9 Å². The van der Waals surface area contributed by atoms with Gasteiger partial charge >= 0.3 is 0 Å². The van der Waals surface area contributed by atoms with Crippen molar-refractivity contribution in [2.45, 2.75) is 64.8 Å². The molecule has 3 aromatic rings. The average molecular weight is 557 g/mol. The van der Waals surface area contributed by atoms with Crippen LogP contribution in [0.15, 0.2) is 48.0 Å². The van der Waals surface area contributed by atoms with E-state index in [1.54, 1.807) is 29.5 Å². The SMILES string of the molecule is Cc1ncsc1-c1ccc(CCC(=O)[C@@H]2C[C@@H](O)CN2C(=O)[C@H](C(C)C)N2Cc3c(C#N)cccc3C2=O)cc1. The maximum atomic E-state index is 13.9. The summed E-state index contributed by atoms with van der Waals surface area (Å²) in [6, 6.07) is 13.7. The number of nitriles is 1. The number of thiazole rings is 1. The van der Waals surface area contributed by atoms with Gasteiger partial charge in [-0.3, -0.25) is 14.4 Å². The topological polar surface area (TPSA) is 115 Å². The number of carbonyl (C=O) groups is 3. The van der Waals surface area contributed by atoms with Gasteiger partial charge < -0.3 is 14.9 Å². The predicted molar refractivity (Wildman–Crippen MR) is 151 cm³/mol. The molecule has 1 fully saturated rings. The Balaban J connectivity index is 1.29. The normalized spacial score (nSPS) is 19.1. The minimum Gasteiger partial charge on any atom is -0.391 e. The van der Waals surface area contributed by atoms with Crippen LogP contribution >= 0.6 is 11.3 Å². The summed E-state index contributed by atoms with van der Waals surface area (Å²) in [6.45, 7) is 5.93. The molecule has 1 aromatic heterocycles. The predicted octanol–water partition coefficient (Wildman–Crippen LogP) is 4.13. The first-order valence-corrected chi connectivity index (χ1v) is 14.4. The van der Waals surface area contributed by atoms with E-state index in [1.807, 2.05) is 50.5 Å². The van der Waals surface area contributed by atoms with E-state index >= 15 is 0 Å². The van der Waals surface area contributed by atoms with Gasteiger partial charge in [0.2, 0.25) is 5.91 Å². The third kappa shape index (κ3) is 5.17. The Morgan fingerprint density at radius 1 is 1.20 bits per heavy atom. The van der Waals surface area contributed by atoms with E-state index in [0.717, 1.165) is 21.7 Å². The van der Waals surface area contributed by atoms with Crippen LogP contribution in [0.2, 0.25) is 0 Å². The molecule has 0 unspecified atom stereocenters. The highest BCUT2D eigenvalue weighted by Gasteiger charge is 2.45. The number of nitrogens with zero attached hydrogens (tertiary/aromatic N) is 4. The zero-order valence-electron chi connectivity index (χ0n) is 22.8. The number of β-amino-alcohol motifs (C(OH)–C–C–N with tert-alkyl or cyclic N) is 1. The molecule has 0 radical (unpaired) electrons. The smallest absolute Gasteiger partial charge is 0.255 e. The van der Waals surface area contributed by atoms with E-state index in [9.17, 15) is 24.8 Å². The molecule has 3 atom stereocenters. The number of benzene rings is 2. The monoisotopic (exact) mass is 556 g/mol. The molecule has 3 heterocycles. The molecule has 8 nitrogen and oxygen atoms in total. The first-order valence-electron chi connectivity index (χ1n) is 13.5. The third-order valence-corrected chi connectivity index (χ3v) is 8.87. The first-order chi connectivity index (χ1) is 19.2. The summed E-state index contributed by atoms with van der Waals surface area (Å²) in [6.07, 6.45) is 0.154. The van der Waals surface area contributed by atoms with Crippen LogP contribution in [0.1, 0.15) is 59.4 Å². The molecule has 40 heavy (non-hydrogen) atoms. The lowest BCUT2D eigenvalue weighted by molar-refractivity contribution is -0.142. The first kappa shape index (κ1) is 27.7. The molecule has 0 bridgehead atoms. The molecule has 1 saturated heterocycles. The molecule has 9 heteroatoms. The molecule has 2 aromatic carbocycles. The van der Waals surface area contributed by atoms with E-state index in [0.29, 0.717) is 23.1 Å². The Morgan fingerprint density at radius 2 is 1.95 bits per heavy atom. The molecule has 5 rings (SSSR count). The van der Waals surface area contributed by atoms with Crippen molar-refractivity contribution < 1.29 is 19.5 Å². The number of rotatable bonds is 8. The van der Waals surface area contributed by atoms with Crippen molar-refractivity contribution in [1.29, 1.82) is 5.26 Å². The number of aliphatic hydroxyl groups is 1. The van der Waals surface area contributed by atoms with Gasteiger partial charge in [-0.15, -0.1) is 11.3 Å². The van der Waals surface area contributed by atoms with Gasteiger partial charge in [-0.25, -0.2) is 4.98 Å². The van der Waals surface area contributed by atoms with Gasteiger partial charge in [0, 0.05) is 37.1 Å². The number of aryl methyl sites for hydroxylation is 2. The van der Waals surface area contributed by atoms with Crippen LogP contribution in [0.3, 0.4) is 0 Å². The Hall–Kier alpha value is -3.87. The molecule has 206 valence electrons. The van der Waals surface area contributed by atoms with E-state index in [1.165, 1.54) is 9.80 Å². The maximum absolute atomic E-state index is 13.9. The fourth-order valence-corrected chi connectivity index (χ4v) is 6.64. The number of carbonyl (C=O) groups excluding carboxylic acids is 3. The molecule has 2 aliphatic rings. The number of hydrogen-bond donors (Lipinski definition) is 1. The minimum atomic E-state index is -0.810. The van der Waals surface area contributed by atoms with Crippen molar-refractivity contribution in [3.63, 3.8) is 0 Å². The molecule has 0 saturated carbocycles. The summed E-state index contributed by atoms with van der Waals surface area (Å²) in [4.78, 5) is 49.0. The van der Waals surface area contributed by atoms with Crippen LogP contribution in [0.4, 0.5) is 0 Å². The summed E-state index contributed by atoms with van der Waals surface area (Å²) in [5.41, 5.74) is 6.40. The van der Waals surface area contributed by atoms with E-state index < -0.39 is 18.2 Å². The van der Waals surface area contributed by atoms with Gasteiger partial charge in [-0.05, 0) is 42.5 Å². The van der Waals surface area contributed by atoms with E-state index in [-0.39, 0.29) is 49.4 Å². The summed E-state index contributed by atoms with van der Waals surface area (Å²) < 4.78 is 0. The van der Waals surface area contributed by atoms with Crippen molar-refractivity contribution in [1.82, 2.24) is 14.8 Å². The van der Waals surface area contributed by atoms with Crippen molar-refractivity contribution in [2.75, 3.05) is 6.54 Å². The highest BCUT2D eigenvalue weighted by Crippen LogP contribution is 2.32. The molecular formula is C31H32N4O4S. The standard InChI is InChI=1S/C31H32N4O4S/c1-18(2)28(35-16-25-22(14-32)5-4-6-24(25)30(35)38)31(39)34-15-23(36)13-26(34)27(37)12-9-20-7-10-21(11-8-20)29-19(3)33-17-40-29/h4-8,10-11,17-18,23,26,28,36H,9,12-13,15-16H2,1-3H3/t23-,26+,28+/m1/s1. The Labute approximate surface area is 237 Å². The lowest BCUT2D eigenvalue weighted by Gasteiger charge is -2.35. The van der Waals surface area contributed by atoms with Crippen LogP contribution in [-0.2, 0) is 22.6 Å². The summed E-state index contributed by atoms with van der Waals surface area (Å²) in [5.74, 6) is -0.962. The summed E-state index contributed by atoms with van der Waals surface area (Å²) in [5, 5.41) is 20.0. The van der Waals surface area contributed by atoms with Crippen molar-refractivity contribution >= 4 is 28.9 Å². The van der Waals surface area contributed by atoms with Gasteiger partial charge in [0.15, 0.2) is 5.78 Å². The maximum Gasteiger partial charge on any atom is 0.255 e. The van der Waals surface area contributed by atoms with Crippen LogP contribution < -0.4 is 0 Å². The Kier molecular flexibility index (Phi) is 7.83. The Morgan fingerprint density at radius 3 is 2.60 bits per heavy atom. The van der Waals surface area contributed by atoms with E-state index in [4.69, 9.17) is 0 Å². The number of Topliss-reactive ketones (excluding diaryl/α,β-unsaturated/α-hetero) is 1. The summed E-state index contributed by atoms with van der Waals surface area (Å²) >= 11 is 1.59. The fourth-order valence-electron chi connectivity index (χ4n) is 5.83. The highest BCUT2D eigenvalue weighted by atomic mass is 32.1. The van der Waals surface area contributed by atoms with Gasteiger partial charge in [0.05, 0.1) is 39.9 Å².